The number of nitro groups is 1. The number of rotatable bonds is 8. The third kappa shape index (κ3) is 5.82. The average molecular weight is 289 g/mol. The van der Waals surface area contributed by atoms with E-state index in [9.17, 15) is 10.1 Å². The van der Waals surface area contributed by atoms with E-state index in [4.69, 9.17) is 16.3 Å². The first-order valence-electron chi connectivity index (χ1n) is 5.76. The van der Waals surface area contributed by atoms with Crippen molar-refractivity contribution in [3.63, 3.8) is 0 Å². The summed E-state index contributed by atoms with van der Waals surface area (Å²) in [7, 11) is 3.62. The van der Waals surface area contributed by atoms with Crippen molar-refractivity contribution >= 4 is 23.1 Å². The van der Waals surface area contributed by atoms with Gasteiger partial charge in [0.15, 0.2) is 0 Å². The zero-order valence-electron chi connectivity index (χ0n) is 10.9. The molecule has 0 bridgehead atoms. The summed E-state index contributed by atoms with van der Waals surface area (Å²) in [6.07, 6.45) is 0. The molecule has 0 fully saturated rings. The lowest BCUT2D eigenvalue weighted by Gasteiger charge is -2.16. The number of anilines is 1. The molecule has 1 aromatic rings. The maximum Gasteiger partial charge on any atom is 0.276 e. The van der Waals surface area contributed by atoms with Gasteiger partial charge in [-0.1, -0.05) is 11.6 Å². The van der Waals surface area contributed by atoms with Crippen molar-refractivity contribution in [2.24, 2.45) is 0 Å². The monoisotopic (exact) mass is 288 g/mol. The number of halogens is 1. The van der Waals surface area contributed by atoms with Gasteiger partial charge in [-0.2, -0.15) is 0 Å². The molecule has 0 aliphatic heterocycles. The lowest BCUT2D eigenvalue weighted by Crippen LogP contribution is -2.28. The normalized spacial score (nSPS) is 10.7. The van der Waals surface area contributed by atoms with Crippen LogP contribution in [0.3, 0.4) is 0 Å². The van der Waals surface area contributed by atoms with Crippen LogP contribution in [-0.2, 0) is 4.74 Å². The fourth-order valence-corrected chi connectivity index (χ4v) is 1.62. The largest absolute Gasteiger partial charge is 0.383 e. The molecule has 0 unspecified atom stereocenters. The van der Waals surface area contributed by atoms with Crippen LogP contribution in [0.1, 0.15) is 0 Å². The van der Waals surface area contributed by atoms with E-state index in [2.05, 4.69) is 15.2 Å². The highest BCUT2D eigenvalue weighted by atomic mass is 35.5. The van der Waals surface area contributed by atoms with Crippen molar-refractivity contribution in [1.82, 2.24) is 9.88 Å². The van der Waals surface area contributed by atoms with E-state index in [1.54, 1.807) is 7.11 Å². The first-order chi connectivity index (χ1) is 9.02. The lowest BCUT2D eigenvalue weighted by molar-refractivity contribution is -0.384. The number of ether oxygens (including phenoxy) is 1. The maximum atomic E-state index is 10.7. The summed E-state index contributed by atoms with van der Waals surface area (Å²) in [4.78, 5) is 16.2. The van der Waals surface area contributed by atoms with Crippen molar-refractivity contribution < 1.29 is 9.66 Å². The van der Waals surface area contributed by atoms with Crippen LogP contribution in [0, 0.1) is 10.1 Å². The lowest BCUT2D eigenvalue weighted by atomic mass is 10.4. The molecule has 0 aromatic carbocycles. The first-order valence-corrected chi connectivity index (χ1v) is 6.14. The topological polar surface area (TPSA) is 80.5 Å². The van der Waals surface area contributed by atoms with Gasteiger partial charge in [0.1, 0.15) is 11.0 Å². The summed E-state index contributed by atoms with van der Waals surface area (Å²) in [5.41, 5.74) is -0.0739. The molecule has 106 valence electrons. The molecule has 0 saturated heterocycles. The van der Waals surface area contributed by atoms with E-state index >= 15 is 0 Å². The molecule has 7 nitrogen and oxygen atoms in total. The van der Waals surface area contributed by atoms with Gasteiger partial charge < -0.3 is 15.0 Å². The Morgan fingerprint density at radius 1 is 1.53 bits per heavy atom. The van der Waals surface area contributed by atoms with Crippen LogP contribution in [0.25, 0.3) is 0 Å². The third-order valence-electron chi connectivity index (χ3n) is 2.47. The van der Waals surface area contributed by atoms with Crippen LogP contribution < -0.4 is 5.32 Å². The Hall–Kier alpha value is -1.44. The van der Waals surface area contributed by atoms with Crippen molar-refractivity contribution in [2.75, 3.05) is 45.7 Å². The minimum atomic E-state index is -0.497. The zero-order chi connectivity index (χ0) is 14.3. The molecule has 19 heavy (non-hydrogen) atoms. The number of nitrogens with one attached hydrogen (secondary N) is 1. The second kappa shape index (κ2) is 7.88. The van der Waals surface area contributed by atoms with E-state index in [-0.39, 0.29) is 10.8 Å². The minimum Gasteiger partial charge on any atom is -0.383 e. The Bertz CT molecular complexity index is 430. The molecular weight excluding hydrogens is 272 g/mol. The van der Waals surface area contributed by atoms with E-state index in [1.165, 1.54) is 12.1 Å². The van der Waals surface area contributed by atoms with Gasteiger partial charge in [0.2, 0.25) is 0 Å². The fourth-order valence-electron chi connectivity index (χ4n) is 1.41. The van der Waals surface area contributed by atoms with Crippen LogP contribution in [0.2, 0.25) is 5.15 Å². The van der Waals surface area contributed by atoms with Gasteiger partial charge in [-0.15, -0.1) is 0 Å². The van der Waals surface area contributed by atoms with Gasteiger partial charge in [0.25, 0.3) is 5.69 Å². The minimum absolute atomic E-state index is 0.0739. The number of methoxy groups -OCH3 is 1. The molecule has 0 amide bonds. The molecule has 1 heterocycles. The molecule has 1 rings (SSSR count). The van der Waals surface area contributed by atoms with Crippen molar-refractivity contribution in [1.29, 1.82) is 0 Å². The van der Waals surface area contributed by atoms with Crippen molar-refractivity contribution in [3.8, 4) is 0 Å². The summed E-state index contributed by atoms with van der Waals surface area (Å²) in [6, 6.07) is 2.58. The van der Waals surface area contributed by atoms with Crippen LogP contribution in [0.15, 0.2) is 12.1 Å². The standard InChI is InChI=1S/C11H17ClN4O3/c1-15(5-6-19-2)4-3-13-11-8-9(16(17)18)7-10(12)14-11/h7-8H,3-6H2,1-2H3,(H,13,14). The molecule has 0 radical (unpaired) electrons. The van der Waals surface area contributed by atoms with E-state index in [0.29, 0.717) is 19.0 Å². The summed E-state index contributed by atoms with van der Waals surface area (Å²) < 4.78 is 4.97. The second-order valence-corrected chi connectivity index (χ2v) is 4.40. The highest BCUT2D eigenvalue weighted by Gasteiger charge is 2.10. The van der Waals surface area contributed by atoms with Gasteiger partial charge >= 0.3 is 0 Å². The average Bonchev–Trinajstić information content (AvgIpc) is 2.35. The fraction of sp³-hybridized carbons (Fsp3) is 0.545. The maximum absolute atomic E-state index is 10.7. The molecule has 0 aliphatic carbocycles. The Morgan fingerprint density at radius 2 is 2.26 bits per heavy atom. The SMILES string of the molecule is COCCN(C)CCNc1cc([N+](=O)[O-])cc(Cl)n1. The van der Waals surface area contributed by atoms with Crippen molar-refractivity contribution in [3.05, 3.63) is 27.4 Å². The number of nitrogens with zero attached hydrogens (tertiary/aromatic N) is 3. The van der Waals surface area contributed by atoms with Crippen LogP contribution in [0.4, 0.5) is 11.5 Å². The number of likely N-dealkylation sites (N-methyl/N-ethyl adjacent to an activating group) is 1. The molecule has 1 N–H and O–H groups in total. The number of aromatic nitrogens is 1. The predicted molar refractivity (Wildman–Crippen MR) is 73.8 cm³/mol. The molecular formula is C11H17ClN4O3. The Balaban J connectivity index is 2.47. The Kier molecular flexibility index (Phi) is 6.48. The number of pyridine rings is 1. The quantitative estimate of drug-likeness (QED) is 0.445. The smallest absolute Gasteiger partial charge is 0.276 e. The Morgan fingerprint density at radius 3 is 2.89 bits per heavy atom. The molecule has 8 heteroatoms. The molecule has 0 atom stereocenters. The summed E-state index contributed by atoms with van der Waals surface area (Å²) >= 11 is 5.72. The van der Waals surface area contributed by atoms with Gasteiger partial charge in [-0.3, -0.25) is 10.1 Å². The summed E-state index contributed by atoms with van der Waals surface area (Å²) in [6.45, 7) is 2.87. The van der Waals surface area contributed by atoms with Crippen LogP contribution in [-0.4, -0.2) is 55.2 Å². The summed E-state index contributed by atoms with van der Waals surface area (Å²) in [5, 5.41) is 13.8. The zero-order valence-corrected chi connectivity index (χ0v) is 11.7. The highest BCUT2D eigenvalue weighted by Crippen LogP contribution is 2.20. The van der Waals surface area contributed by atoms with E-state index in [1.807, 2.05) is 7.05 Å². The van der Waals surface area contributed by atoms with Crippen molar-refractivity contribution in [2.45, 2.75) is 0 Å². The predicted octanol–water partition coefficient (Wildman–Crippen LogP) is 1.63. The molecule has 0 aliphatic rings. The van der Waals surface area contributed by atoms with Crippen LogP contribution >= 0.6 is 11.6 Å². The molecule has 0 spiro atoms. The Labute approximate surface area is 116 Å². The van der Waals surface area contributed by atoms with Gasteiger partial charge in [0, 0.05) is 26.7 Å². The summed E-state index contributed by atoms with van der Waals surface area (Å²) in [5.74, 6) is 0.402. The highest BCUT2D eigenvalue weighted by molar-refractivity contribution is 6.29. The molecule has 1 aromatic heterocycles. The number of hydrogen-bond acceptors (Lipinski definition) is 6. The van der Waals surface area contributed by atoms with E-state index < -0.39 is 4.92 Å². The van der Waals surface area contributed by atoms with Gasteiger partial charge in [-0.25, -0.2) is 4.98 Å². The molecule has 0 saturated carbocycles. The second-order valence-electron chi connectivity index (χ2n) is 4.01. The van der Waals surface area contributed by atoms with Gasteiger partial charge in [-0.05, 0) is 7.05 Å². The first kappa shape index (κ1) is 15.6. The van der Waals surface area contributed by atoms with E-state index in [0.717, 1.165) is 13.1 Å². The number of hydrogen-bond donors (Lipinski definition) is 1. The van der Waals surface area contributed by atoms with Gasteiger partial charge in [0.05, 0.1) is 23.7 Å². The van der Waals surface area contributed by atoms with Crippen LogP contribution in [0.5, 0.6) is 0 Å². The third-order valence-corrected chi connectivity index (χ3v) is 2.66.